The van der Waals surface area contributed by atoms with E-state index in [1.807, 2.05) is 6.08 Å². The van der Waals surface area contributed by atoms with Crippen LogP contribution in [0.1, 0.15) is 239 Å². The quantitative estimate of drug-likeness (QED) is 0.0346. The van der Waals surface area contributed by atoms with Gasteiger partial charge in [-0.15, -0.1) is 0 Å². The Bertz CT molecular complexity index is 1310. The van der Waals surface area contributed by atoms with Gasteiger partial charge in [-0.2, -0.15) is 0 Å². The summed E-state index contributed by atoms with van der Waals surface area (Å²) in [7, 11) is 0. The molecule has 1 unspecified atom stereocenters. The van der Waals surface area contributed by atoms with E-state index in [-0.39, 0.29) is 25.2 Å². The summed E-state index contributed by atoms with van der Waals surface area (Å²) >= 11 is 0. The molecule has 0 saturated heterocycles. The lowest BCUT2D eigenvalue weighted by molar-refractivity contribution is -0.162. The van der Waals surface area contributed by atoms with E-state index < -0.39 is 6.10 Å². The summed E-state index contributed by atoms with van der Waals surface area (Å²) in [6, 6.07) is 0. The molecule has 0 aliphatic carbocycles. The minimum Gasteiger partial charge on any atom is -0.462 e. The van der Waals surface area contributed by atoms with Gasteiger partial charge in [0.1, 0.15) is 6.61 Å². The number of rotatable bonds is 49. The Morgan fingerprint density at radius 1 is 0.348 bits per heavy atom. The van der Waals surface area contributed by atoms with E-state index in [0.717, 1.165) is 89.9 Å². The van der Waals surface area contributed by atoms with Crippen LogP contribution in [0.15, 0.2) is 109 Å². The SMILES string of the molecule is CC/C=C\C/C=C\C/C=C\C/C=C\C/C=C\C/C=C\CCC(=O)OCC(COCCCCCCCC/C=C\C/C=C\CCCCC)OC(=O)CCCCCCC/C=C\CCCCCCCC. The number of carbonyl (C=O) groups excluding carboxylic acids is 2. The molecule has 0 aromatic heterocycles. The van der Waals surface area contributed by atoms with Crippen LogP contribution in [-0.4, -0.2) is 37.9 Å². The maximum absolute atomic E-state index is 12.8. The maximum Gasteiger partial charge on any atom is 0.306 e. The van der Waals surface area contributed by atoms with Crippen molar-refractivity contribution in [3.05, 3.63) is 109 Å². The van der Waals surface area contributed by atoms with Gasteiger partial charge in [-0.3, -0.25) is 9.59 Å². The molecule has 0 fully saturated rings. The van der Waals surface area contributed by atoms with Crippen LogP contribution < -0.4 is 0 Å². The number of allylic oxidation sites excluding steroid dienone is 18. The highest BCUT2D eigenvalue weighted by Gasteiger charge is 2.17. The molecule has 0 aliphatic heterocycles. The summed E-state index contributed by atoms with van der Waals surface area (Å²) in [5, 5.41) is 0. The summed E-state index contributed by atoms with van der Waals surface area (Å²) in [5.74, 6) is -0.512. The lowest BCUT2D eigenvalue weighted by Crippen LogP contribution is -2.30. The zero-order valence-electron chi connectivity index (χ0n) is 43.2. The highest BCUT2D eigenvalue weighted by molar-refractivity contribution is 5.70. The summed E-state index contributed by atoms with van der Waals surface area (Å²) in [6.45, 7) is 7.57. The lowest BCUT2D eigenvalue weighted by Gasteiger charge is -2.18. The van der Waals surface area contributed by atoms with E-state index in [0.29, 0.717) is 25.9 Å². The minimum absolute atomic E-state index is 0.0321. The fourth-order valence-corrected chi connectivity index (χ4v) is 7.21. The fraction of sp³-hybridized carbons (Fsp3) is 0.672. The van der Waals surface area contributed by atoms with Crippen molar-refractivity contribution in [2.45, 2.75) is 245 Å². The first-order valence-corrected chi connectivity index (χ1v) is 27.4. The third-order valence-corrected chi connectivity index (χ3v) is 11.3. The Balaban J connectivity index is 4.44. The molecule has 0 saturated carbocycles. The van der Waals surface area contributed by atoms with Crippen LogP contribution in [0.5, 0.6) is 0 Å². The van der Waals surface area contributed by atoms with E-state index >= 15 is 0 Å². The van der Waals surface area contributed by atoms with Crippen molar-refractivity contribution >= 4 is 11.9 Å². The zero-order chi connectivity index (χ0) is 47.7. The Morgan fingerprint density at radius 3 is 1.20 bits per heavy atom. The van der Waals surface area contributed by atoms with Gasteiger partial charge in [0.25, 0.3) is 0 Å². The van der Waals surface area contributed by atoms with Crippen LogP contribution in [0.2, 0.25) is 0 Å². The maximum atomic E-state index is 12.8. The van der Waals surface area contributed by atoms with Gasteiger partial charge in [-0.05, 0) is 116 Å². The van der Waals surface area contributed by atoms with E-state index in [1.54, 1.807) is 0 Å². The highest BCUT2D eigenvalue weighted by Crippen LogP contribution is 2.13. The van der Waals surface area contributed by atoms with Gasteiger partial charge in [0, 0.05) is 19.4 Å². The number of ether oxygens (including phenoxy) is 3. The van der Waals surface area contributed by atoms with Crippen molar-refractivity contribution in [1.29, 1.82) is 0 Å². The van der Waals surface area contributed by atoms with Crippen LogP contribution in [0.3, 0.4) is 0 Å². The largest absolute Gasteiger partial charge is 0.462 e. The van der Waals surface area contributed by atoms with Crippen molar-refractivity contribution in [3.8, 4) is 0 Å². The van der Waals surface area contributed by atoms with E-state index in [4.69, 9.17) is 14.2 Å². The average molecular weight is 915 g/mol. The summed E-state index contributed by atoms with van der Waals surface area (Å²) in [5.41, 5.74) is 0. The minimum atomic E-state index is -0.583. The van der Waals surface area contributed by atoms with E-state index in [2.05, 4.69) is 124 Å². The number of hydrogen-bond acceptors (Lipinski definition) is 5. The molecule has 1 atom stereocenters. The predicted octanol–water partition coefficient (Wildman–Crippen LogP) is 18.8. The summed E-state index contributed by atoms with van der Waals surface area (Å²) in [6.07, 6.45) is 76.8. The summed E-state index contributed by atoms with van der Waals surface area (Å²) in [4.78, 5) is 25.4. The monoisotopic (exact) mass is 915 g/mol. The molecule has 0 rings (SSSR count). The molecule has 0 amide bonds. The standard InChI is InChI=1S/C61H102O5/c1-4-7-10-13-16-19-22-25-28-30-31-32-34-36-39-42-45-48-51-54-60(62)65-58-59(57-64-56-53-50-47-44-41-38-35-29-26-23-20-17-14-11-8-5-2)66-61(63)55-52-49-46-43-40-37-33-27-24-21-18-15-12-9-6-3/h7,10,16-17,19-20,25-29,31-33,36,39,45,48,59H,4-6,8-9,11-15,18,21-24,30,34-35,37-38,40-44,46-47,49-58H2,1-3H3/b10-7-,19-16-,20-17-,28-25-,29-26-,32-31-,33-27-,39-36-,48-45-. The highest BCUT2D eigenvalue weighted by atomic mass is 16.6. The molecule has 0 radical (unpaired) electrons. The smallest absolute Gasteiger partial charge is 0.306 e. The number of hydrogen-bond donors (Lipinski definition) is 0. The van der Waals surface area contributed by atoms with Crippen molar-refractivity contribution in [2.75, 3.05) is 19.8 Å². The second-order valence-electron chi connectivity index (χ2n) is 17.7. The van der Waals surface area contributed by atoms with Gasteiger partial charge >= 0.3 is 11.9 Å². The van der Waals surface area contributed by atoms with Crippen LogP contribution in [0.4, 0.5) is 0 Å². The average Bonchev–Trinajstić information content (AvgIpc) is 3.32. The number of esters is 2. The molecule has 5 heteroatoms. The van der Waals surface area contributed by atoms with Gasteiger partial charge < -0.3 is 14.2 Å². The molecule has 376 valence electrons. The molecule has 0 aromatic rings. The first kappa shape index (κ1) is 62.6. The Kier molecular flexibility index (Phi) is 53.0. The van der Waals surface area contributed by atoms with Crippen LogP contribution >= 0.6 is 0 Å². The molecule has 0 spiro atoms. The molecule has 0 N–H and O–H groups in total. The third kappa shape index (κ3) is 53.2. The van der Waals surface area contributed by atoms with Crippen LogP contribution in [0.25, 0.3) is 0 Å². The van der Waals surface area contributed by atoms with Gasteiger partial charge in [-0.1, -0.05) is 220 Å². The van der Waals surface area contributed by atoms with Gasteiger partial charge in [0.2, 0.25) is 0 Å². The number of unbranched alkanes of at least 4 members (excludes halogenated alkanes) is 20. The van der Waals surface area contributed by atoms with E-state index in [9.17, 15) is 9.59 Å². The molecule has 66 heavy (non-hydrogen) atoms. The van der Waals surface area contributed by atoms with Crippen molar-refractivity contribution in [1.82, 2.24) is 0 Å². The molecule has 5 nitrogen and oxygen atoms in total. The Morgan fingerprint density at radius 2 is 0.712 bits per heavy atom. The lowest BCUT2D eigenvalue weighted by atomic mass is 10.1. The Labute approximate surface area is 408 Å². The first-order valence-electron chi connectivity index (χ1n) is 27.4. The van der Waals surface area contributed by atoms with Crippen LogP contribution in [0, 0.1) is 0 Å². The third-order valence-electron chi connectivity index (χ3n) is 11.3. The second-order valence-corrected chi connectivity index (χ2v) is 17.7. The summed E-state index contributed by atoms with van der Waals surface area (Å²) < 4.78 is 17.4. The first-order chi connectivity index (χ1) is 32.6. The second kappa shape index (κ2) is 55.9. The number of carbonyl (C=O) groups is 2. The Hall–Kier alpha value is -3.44. The molecular formula is C61H102O5. The predicted molar refractivity (Wildman–Crippen MR) is 288 cm³/mol. The van der Waals surface area contributed by atoms with Crippen molar-refractivity contribution in [2.24, 2.45) is 0 Å². The fourth-order valence-electron chi connectivity index (χ4n) is 7.21. The molecule has 0 aromatic carbocycles. The molecular weight excluding hydrogens is 813 g/mol. The van der Waals surface area contributed by atoms with Gasteiger partial charge in [0.15, 0.2) is 6.10 Å². The molecule has 0 heterocycles. The van der Waals surface area contributed by atoms with Gasteiger partial charge in [0.05, 0.1) is 6.61 Å². The normalized spacial score (nSPS) is 13.1. The van der Waals surface area contributed by atoms with E-state index in [1.165, 1.54) is 109 Å². The molecule has 0 bridgehead atoms. The topological polar surface area (TPSA) is 61.8 Å². The van der Waals surface area contributed by atoms with Gasteiger partial charge in [-0.25, -0.2) is 0 Å². The molecule has 0 aliphatic rings. The van der Waals surface area contributed by atoms with Crippen LogP contribution in [-0.2, 0) is 23.8 Å². The zero-order valence-corrected chi connectivity index (χ0v) is 43.2. The van der Waals surface area contributed by atoms with Crippen molar-refractivity contribution in [3.63, 3.8) is 0 Å². The van der Waals surface area contributed by atoms with Crippen molar-refractivity contribution < 1.29 is 23.8 Å².